The lowest BCUT2D eigenvalue weighted by atomic mass is 10.1. The summed E-state index contributed by atoms with van der Waals surface area (Å²) in [7, 11) is 0. The summed E-state index contributed by atoms with van der Waals surface area (Å²) in [5.41, 5.74) is 1.31. The molecule has 0 aliphatic heterocycles. The van der Waals surface area contributed by atoms with Crippen LogP contribution in [-0.2, 0) is 0 Å². The molecule has 1 heterocycles. The quantitative estimate of drug-likeness (QED) is 0.903. The van der Waals surface area contributed by atoms with Crippen LogP contribution >= 0.6 is 15.9 Å². The number of aromatic carboxylic acids is 1. The first-order valence-electron chi connectivity index (χ1n) is 5.75. The minimum Gasteiger partial charge on any atom is -0.478 e. The lowest BCUT2D eigenvalue weighted by Gasteiger charge is -2.08. The Morgan fingerprint density at radius 2 is 2.05 bits per heavy atom. The lowest BCUT2D eigenvalue weighted by Crippen LogP contribution is -2.16. The Bertz CT molecular complexity index is 686. The molecular formula is C14H11BrN2O3. The molecule has 0 aliphatic rings. The average Bonchev–Trinajstić information content (AvgIpc) is 2.42. The summed E-state index contributed by atoms with van der Waals surface area (Å²) < 4.78 is 0.901. The lowest BCUT2D eigenvalue weighted by molar-refractivity contribution is 0.0697. The van der Waals surface area contributed by atoms with E-state index < -0.39 is 11.9 Å². The highest BCUT2D eigenvalue weighted by Crippen LogP contribution is 2.18. The second-order valence-corrected chi connectivity index (χ2v) is 4.98. The Kier molecular flexibility index (Phi) is 4.14. The smallest absolute Gasteiger partial charge is 0.339 e. The molecule has 0 saturated carbocycles. The summed E-state index contributed by atoms with van der Waals surface area (Å²) in [6.07, 6.45) is 1.43. The predicted molar refractivity (Wildman–Crippen MR) is 78.0 cm³/mol. The summed E-state index contributed by atoms with van der Waals surface area (Å²) in [6, 6.07) is 8.01. The molecule has 6 heteroatoms. The number of aromatic nitrogens is 1. The number of hydrogen-bond donors (Lipinski definition) is 2. The Morgan fingerprint density at radius 3 is 2.70 bits per heavy atom. The number of carbonyl (C=O) groups is 2. The maximum absolute atomic E-state index is 12.1. The molecule has 102 valence electrons. The first-order valence-corrected chi connectivity index (χ1v) is 6.54. The van der Waals surface area contributed by atoms with Crippen LogP contribution in [-0.4, -0.2) is 22.0 Å². The maximum Gasteiger partial charge on any atom is 0.339 e. The van der Waals surface area contributed by atoms with Gasteiger partial charge < -0.3 is 10.4 Å². The van der Waals surface area contributed by atoms with Crippen molar-refractivity contribution in [2.45, 2.75) is 6.92 Å². The number of aryl methyl sites for hydroxylation is 1. The third-order valence-corrected chi connectivity index (χ3v) is 3.58. The van der Waals surface area contributed by atoms with Gasteiger partial charge in [0.25, 0.3) is 5.91 Å². The number of carbonyl (C=O) groups excluding carboxylic acids is 1. The van der Waals surface area contributed by atoms with Crippen LogP contribution < -0.4 is 5.32 Å². The van der Waals surface area contributed by atoms with Crippen molar-refractivity contribution in [3.05, 3.63) is 57.7 Å². The number of nitrogens with one attached hydrogen (secondary N) is 1. The minimum absolute atomic E-state index is 0.0329. The fourth-order valence-electron chi connectivity index (χ4n) is 1.64. The standard InChI is InChI=1S/C14H11BrN2O3/c1-8-7-9(4-5-11(8)15)13(18)17-12-10(14(19)20)3-2-6-16-12/h2-7H,1H3,(H,19,20)(H,16,17,18). The van der Waals surface area contributed by atoms with Gasteiger partial charge in [0.05, 0.1) is 0 Å². The van der Waals surface area contributed by atoms with Gasteiger partial charge in [-0.3, -0.25) is 4.79 Å². The van der Waals surface area contributed by atoms with E-state index in [1.54, 1.807) is 18.2 Å². The second kappa shape index (κ2) is 5.83. The third-order valence-electron chi connectivity index (χ3n) is 2.69. The summed E-state index contributed by atoms with van der Waals surface area (Å²) in [5.74, 6) is -1.51. The predicted octanol–water partition coefficient (Wildman–Crippen LogP) is 3.10. The second-order valence-electron chi connectivity index (χ2n) is 4.12. The Morgan fingerprint density at radius 1 is 1.30 bits per heavy atom. The van der Waals surface area contributed by atoms with E-state index in [4.69, 9.17) is 5.11 Å². The van der Waals surface area contributed by atoms with Crippen LogP contribution in [0.3, 0.4) is 0 Å². The van der Waals surface area contributed by atoms with Crippen molar-refractivity contribution in [3.8, 4) is 0 Å². The van der Waals surface area contributed by atoms with E-state index >= 15 is 0 Å². The van der Waals surface area contributed by atoms with E-state index in [1.807, 2.05) is 6.92 Å². The number of amides is 1. The Balaban J connectivity index is 2.28. The van der Waals surface area contributed by atoms with Crippen molar-refractivity contribution >= 4 is 33.6 Å². The van der Waals surface area contributed by atoms with Gasteiger partial charge in [0, 0.05) is 16.2 Å². The topological polar surface area (TPSA) is 79.3 Å². The highest BCUT2D eigenvalue weighted by molar-refractivity contribution is 9.10. The van der Waals surface area contributed by atoms with Gasteiger partial charge >= 0.3 is 5.97 Å². The highest BCUT2D eigenvalue weighted by Gasteiger charge is 2.14. The van der Waals surface area contributed by atoms with Crippen LogP contribution in [0, 0.1) is 6.92 Å². The van der Waals surface area contributed by atoms with Gasteiger partial charge in [-0.1, -0.05) is 15.9 Å². The van der Waals surface area contributed by atoms with Crippen LogP contribution in [0.5, 0.6) is 0 Å². The third kappa shape index (κ3) is 3.03. The first kappa shape index (κ1) is 14.2. The van der Waals surface area contributed by atoms with E-state index in [1.165, 1.54) is 18.3 Å². The number of halogens is 1. The molecule has 1 amide bonds. The first-order chi connectivity index (χ1) is 9.49. The summed E-state index contributed by atoms with van der Waals surface area (Å²) in [4.78, 5) is 27.0. The number of rotatable bonds is 3. The SMILES string of the molecule is Cc1cc(C(=O)Nc2ncccc2C(=O)O)ccc1Br. The van der Waals surface area contributed by atoms with Gasteiger partial charge in [-0.15, -0.1) is 0 Å². The number of pyridine rings is 1. The van der Waals surface area contributed by atoms with E-state index in [-0.39, 0.29) is 11.4 Å². The van der Waals surface area contributed by atoms with Gasteiger partial charge in [0.1, 0.15) is 11.4 Å². The molecule has 0 spiro atoms. The van der Waals surface area contributed by atoms with Gasteiger partial charge in [0.2, 0.25) is 0 Å². The van der Waals surface area contributed by atoms with E-state index in [9.17, 15) is 9.59 Å². The van der Waals surface area contributed by atoms with E-state index in [0.29, 0.717) is 5.56 Å². The maximum atomic E-state index is 12.1. The zero-order valence-corrected chi connectivity index (χ0v) is 12.1. The molecule has 1 aromatic heterocycles. The molecule has 0 fully saturated rings. The summed E-state index contributed by atoms with van der Waals surface area (Å²) in [5, 5.41) is 11.5. The van der Waals surface area contributed by atoms with Gasteiger partial charge in [0.15, 0.2) is 0 Å². The van der Waals surface area contributed by atoms with Gasteiger partial charge in [-0.25, -0.2) is 9.78 Å². The molecule has 0 radical (unpaired) electrons. The molecule has 1 aromatic carbocycles. The normalized spacial score (nSPS) is 10.1. The fourth-order valence-corrected chi connectivity index (χ4v) is 1.89. The minimum atomic E-state index is -1.14. The molecule has 20 heavy (non-hydrogen) atoms. The summed E-state index contributed by atoms with van der Waals surface area (Å²) in [6.45, 7) is 1.87. The molecule has 0 bridgehead atoms. The molecule has 5 nitrogen and oxygen atoms in total. The number of nitrogens with zero attached hydrogens (tertiary/aromatic N) is 1. The molecule has 0 aliphatic carbocycles. The zero-order chi connectivity index (χ0) is 14.7. The van der Waals surface area contributed by atoms with Crippen molar-refractivity contribution in [1.29, 1.82) is 0 Å². The average molecular weight is 335 g/mol. The number of carboxylic acid groups (broad SMARTS) is 1. The Hall–Kier alpha value is -2.21. The summed E-state index contributed by atoms with van der Waals surface area (Å²) >= 11 is 3.35. The van der Waals surface area contributed by atoms with Crippen LogP contribution in [0.25, 0.3) is 0 Å². The highest BCUT2D eigenvalue weighted by atomic mass is 79.9. The van der Waals surface area contributed by atoms with Crippen molar-refractivity contribution in [2.24, 2.45) is 0 Å². The molecule has 2 aromatic rings. The van der Waals surface area contributed by atoms with Gasteiger partial charge in [-0.2, -0.15) is 0 Å². The largest absolute Gasteiger partial charge is 0.478 e. The molecular weight excluding hydrogens is 324 g/mol. The molecule has 0 unspecified atom stereocenters. The monoisotopic (exact) mass is 334 g/mol. The molecule has 0 saturated heterocycles. The van der Waals surface area contributed by atoms with Crippen molar-refractivity contribution in [2.75, 3.05) is 5.32 Å². The van der Waals surface area contributed by atoms with Crippen LogP contribution in [0.4, 0.5) is 5.82 Å². The Labute approximate surface area is 123 Å². The molecule has 2 N–H and O–H groups in total. The van der Waals surface area contributed by atoms with Crippen LogP contribution in [0.15, 0.2) is 41.0 Å². The van der Waals surface area contributed by atoms with Crippen molar-refractivity contribution in [1.82, 2.24) is 4.98 Å². The number of hydrogen-bond acceptors (Lipinski definition) is 3. The number of carboxylic acids is 1. The van der Waals surface area contributed by atoms with Crippen molar-refractivity contribution < 1.29 is 14.7 Å². The zero-order valence-electron chi connectivity index (χ0n) is 10.6. The fraction of sp³-hybridized carbons (Fsp3) is 0.0714. The van der Waals surface area contributed by atoms with Gasteiger partial charge in [-0.05, 0) is 42.8 Å². The number of anilines is 1. The van der Waals surface area contributed by atoms with Crippen LogP contribution in [0.2, 0.25) is 0 Å². The van der Waals surface area contributed by atoms with E-state index in [0.717, 1.165) is 10.0 Å². The van der Waals surface area contributed by atoms with Crippen LogP contribution in [0.1, 0.15) is 26.3 Å². The molecule has 0 atom stereocenters. The van der Waals surface area contributed by atoms with Crippen molar-refractivity contribution in [3.63, 3.8) is 0 Å². The number of benzene rings is 1. The van der Waals surface area contributed by atoms with E-state index in [2.05, 4.69) is 26.2 Å². The molecule has 2 rings (SSSR count).